The molecular weight excluding hydrogens is 322 g/mol. The Morgan fingerprint density at radius 1 is 1.40 bits per heavy atom. The van der Waals surface area contributed by atoms with Gasteiger partial charge in [-0.25, -0.2) is 14.6 Å². The van der Waals surface area contributed by atoms with Gasteiger partial charge in [0.1, 0.15) is 0 Å². The Morgan fingerprint density at radius 2 is 2.16 bits per heavy atom. The smallest absolute Gasteiger partial charge is 0.343 e. The fourth-order valence-corrected chi connectivity index (χ4v) is 3.27. The number of H-pyrrole nitrogens is 1. The molecule has 0 aromatic carbocycles. The monoisotopic (exact) mass is 349 g/mol. The summed E-state index contributed by atoms with van der Waals surface area (Å²) in [6.07, 6.45) is 2.89. The molecule has 1 aliphatic rings. The van der Waals surface area contributed by atoms with E-state index in [4.69, 9.17) is 4.74 Å². The second-order valence-corrected chi connectivity index (χ2v) is 7.50. The number of hydrogen-bond acceptors (Lipinski definition) is 6. The van der Waals surface area contributed by atoms with Crippen LogP contribution in [0.2, 0.25) is 0 Å². The Labute approximate surface area is 147 Å². The maximum atomic E-state index is 11.9. The van der Waals surface area contributed by atoms with Crippen molar-refractivity contribution >= 4 is 0 Å². The third-order valence-electron chi connectivity index (χ3n) is 4.69. The third-order valence-corrected chi connectivity index (χ3v) is 4.69. The number of aromatic amines is 1. The Morgan fingerprint density at radius 3 is 2.76 bits per heavy atom. The van der Waals surface area contributed by atoms with E-state index < -0.39 is 0 Å². The summed E-state index contributed by atoms with van der Waals surface area (Å²) in [6.45, 7) is 10.2. The second-order valence-electron chi connectivity index (χ2n) is 7.50. The number of aromatic nitrogens is 6. The molecule has 138 valence electrons. The highest BCUT2D eigenvalue weighted by Gasteiger charge is 2.37. The van der Waals surface area contributed by atoms with E-state index in [1.54, 1.807) is 11.7 Å². The summed E-state index contributed by atoms with van der Waals surface area (Å²) < 4.78 is 9.12. The van der Waals surface area contributed by atoms with Gasteiger partial charge in [-0.2, -0.15) is 5.10 Å². The Hall–Kier alpha value is -2.00. The van der Waals surface area contributed by atoms with Gasteiger partial charge >= 0.3 is 5.69 Å². The van der Waals surface area contributed by atoms with Gasteiger partial charge in [-0.05, 0) is 34.1 Å². The van der Waals surface area contributed by atoms with Gasteiger partial charge in [-0.3, -0.25) is 9.47 Å². The van der Waals surface area contributed by atoms with Crippen molar-refractivity contribution in [2.45, 2.75) is 64.9 Å². The topological polar surface area (TPSA) is 93.9 Å². The zero-order valence-electron chi connectivity index (χ0n) is 15.6. The summed E-state index contributed by atoms with van der Waals surface area (Å²) in [5.41, 5.74) is 0.630. The number of methoxy groups -OCH3 is 1. The van der Waals surface area contributed by atoms with Crippen molar-refractivity contribution in [1.29, 1.82) is 0 Å². The lowest BCUT2D eigenvalue weighted by molar-refractivity contribution is 0.107. The van der Waals surface area contributed by atoms with E-state index in [-0.39, 0.29) is 23.4 Å². The van der Waals surface area contributed by atoms with Crippen LogP contribution in [0.4, 0.5) is 0 Å². The average molecular weight is 349 g/mol. The first-order chi connectivity index (χ1) is 11.8. The van der Waals surface area contributed by atoms with E-state index in [1.165, 1.54) is 0 Å². The van der Waals surface area contributed by atoms with Gasteiger partial charge in [-0.15, -0.1) is 5.10 Å². The van der Waals surface area contributed by atoms with E-state index in [0.717, 1.165) is 24.5 Å². The van der Waals surface area contributed by atoms with Crippen molar-refractivity contribution in [3.8, 4) is 0 Å². The molecule has 0 amide bonds. The Kier molecular flexibility index (Phi) is 4.79. The van der Waals surface area contributed by atoms with Gasteiger partial charge in [0.25, 0.3) is 0 Å². The standard InChI is InChI=1S/C16H27N7O2/c1-6-22-14(18-19-15(22)24)13-7-12(25-5)10-21(13)8-11-9-23(20-17-11)16(2,3)4/h9,12-13H,6-8,10H2,1-5H3,(H,19,24)/t12-,13-/m0/s1. The minimum absolute atomic E-state index is 0.0173. The molecule has 0 bridgehead atoms. The molecule has 1 aliphatic heterocycles. The molecule has 0 saturated carbocycles. The molecule has 2 aromatic heterocycles. The Bertz CT molecular complexity index is 770. The molecule has 1 fully saturated rings. The number of ether oxygens (including phenoxy) is 1. The molecule has 2 atom stereocenters. The molecule has 25 heavy (non-hydrogen) atoms. The van der Waals surface area contributed by atoms with Crippen molar-refractivity contribution in [2.75, 3.05) is 13.7 Å². The van der Waals surface area contributed by atoms with Crippen molar-refractivity contribution in [3.63, 3.8) is 0 Å². The molecule has 0 radical (unpaired) electrons. The maximum absolute atomic E-state index is 11.9. The number of nitrogens with one attached hydrogen (secondary N) is 1. The van der Waals surface area contributed by atoms with Crippen molar-refractivity contribution in [2.24, 2.45) is 0 Å². The normalized spacial score (nSPS) is 22.0. The van der Waals surface area contributed by atoms with Gasteiger partial charge in [0, 0.05) is 26.7 Å². The molecule has 3 rings (SSSR count). The van der Waals surface area contributed by atoms with Crippen LogP contribution in [0.1, 0.15) is 51.7 Å². The zero-order chi connectivity index (χ0) is 18.2. The molecule has 2 aromatic rings. The number of rotatable bonds is 5. The van der Waals surface area contributed by atoms with E-state index in [1.807, 2.05) is 17.8 Å². The third kappa shape index (κ3) is 3.52. The average Bonchev–Trinajstić information content (AvgIpc) is 3.25. The number of hydrogen-bond donors (Lipinski definition) is 1. The molecule has 0 unspecified atom stereocenters. The van der Waals surface area contributed by atoms with E-state index in [0.29, 0.717) is 13.1 Å². The first-order valence-electron chi connectivity index (χ1n) is 8.67. The summed E-state index contributed by atoms with van der Waals surface area (Å²) in [5, 5.41) is 15.4. The van der Waals surface area contributed by atoms with Gasteiger partial charge in [0.2, 0.25) is 0 Å². The lowest BCUT2D eigenvalue weighted by atomic mass is 10.1. The Balaban J connectivity index is 1.85. The molecular formula is C16H27N7O2. The first kappa shape index (κ1) is 17.8. The fourth-order valence-electron chi connectivity index (χ4n) is 3.27. The highest BCUT2D eigenvalue weighted by atomic mass is 16.5. The summed E-state index contributed by atoms with van der Waals surface area (Å²) in [4.78, 5) is 14.2. The molecule has 1 saturated heterocycles. The molecule has 9 heteroatoms. The van der Waals surface area contributed by atoms with Crippen LogP contribution in [0.5, 0.6) is 0 Å². The SMILES string of the molecule is CCn1c([C@@H]2C[C@H](OC)CN2Cc2cn(C(C)(C)C)nn2)n[nH]c1=O. The largest absolute Gasteiger partial charge is 0.380 e. The lowest BCUT2D eigenvalue weighted by Gasteiger charge is -2.22. The quantitative estimate of drug-likeness (QED) is 0.862. The van der Waals surface area contributed by atoms with Gasteiger partial charge in [0.05, 0.1) is 29.6 Å². The van der Waals surface area contributed by atoms with Gasteiger partial charge in [0.15, 0.2) is 5.82 Å². The molecule has 0 spiro atoms. The summed E-state index contributed by atoms with van der Waals surface area (Å²) in [7, 11) is 1.72. The predicted molar refractivity (Wildman–Crippen MR) is 92.1 cm³/mol. The van der Waals surface area contributed by atoms with Crippen LogP contribution >= 0.6 is 0 Å². The second kappa shape index (κ2) is 6.72. The first-order valence-corrected chi connectivity index (χ1v) is 8.67. The van der Waals surface area contributed by atoms with Crippen molar-refractivity contribution in [3.05, 3.63) is 28.2 Å². The van der Waals surface area contributed by atoms with Gasteiger partial charge in [-0.1, -0.05) is 5.21 Å². The van der Waals surface area contributed by atoms with Crippen LogP contribution in [-0.2, 0) is 23.4 Å². The number of likely N-dealkylation sites (tertiary alicyclic amines) is 1. The molecule has 3 heterocycles. The summed E-state index contributed by atoms with van der Waals surface area (Å²) in [5.74, 6) is 0.760. The highest BCUT2D eigenvalue weighted by Crippen LogP contribution is 2.33. The van der Waals surface area contributed by atoms with E-state index in [2.05, 4.69) is 46.2 Å². The van der Waals surface area contributed by atoms with E-state index >= 15 is 0 Å². The van der Waals surface area contributed by atoms with Crippen LogP contribution in [0.3, 0.4) is 0 Å². The lowest BCUT2D eigenvalue weighted by Crippen LogP contribution is -2.28. The summed E-state index contributed by atoms with van der Waals surface area (Å²) >= 11 is 0. The van der Waals surface area contributed by atoms with Crippen LogP contribution in [0.15, 0.2) is 11.0 Å². The zero-order valence-corrected chi connectivity index (χ0v) is 15.6. The van der Waals surface area contributed by atoms with Gasteiger partial charge < -0.3 is 4.74 Å². The van der Waals surface area contributed by atoms with Crippen molar-refractivity contribution in [1.82, 2.24) is 34.7 Å². The molecule has 9 nitrogen and oxygen atoms in total. The predicted octanol–water partition coefficient (Wildman–Crippen LogP) is 0.900. The minimum atomic E-state index is -0.169. The van der Waals surface area contributed by atoms with Crippen LogP contribution < -0.4 is 5.69 Å². The molecule has 1 N–H and O–H groups in total. The van der Waals surface area contributed by atoms with E-state index in [9.17, 15) is 4.79 Å². The highest BCUT2D eigenvalue weighted by molar-refractivity contribution is 5.04. The maximum Gasteiger partial charge on any atom is 0.343 e. The minimum Gasteiger partial charge on any atom is -0.380 e. The number of nitrogens with zero attached hydrogens (tertiary/aromatic N) is 6. The van der Waals surface area contributed by atoms with Crippen molar-refractivity contribution < 1.29 is 4.74 Å². The van der Waals surface area contributed by atoms with Crippen LogP contribution in [-0.4, -0.2) is 54.4 Å². The molecule has 0 aliphatic carbocycles. The van der Waals surface area contributed by atoms with Crippen LogP contribution in [0, 0.1) is 0 Å². The van der Waals surface area contributed by atoms with Crippen LogP contribution in [0.25, 0.3) is 0 Å². The summed E-state index contributed by atoms with van der Waals surface area (Å²) in [6, 6.07) is 0.0173. The fraction of sp³-hybridized carbons (Fsp3) is 0.750.